The first kappa shape index (κ1) is 25.8. The van der Waals surface area contributed by atoms with Crippen LogP contribution in [0, 0.1) is 0 Å². The van der Waals surface area contributed by atoms with Gasteiger partial charge in [0.25, 0.3) is 0 Å². The van der Waals surface area contributed by atoms with Crippen LogP contribution in [0.2, 0.25) is 0 Å². The molecule has 0 saturated carbocycles. The second kappa shape index (κ2) is 10.5. The summed E-state index contributed by atoms with van der Waals surface area (Å²) in [7, 11) is 0. The zero-order valence-electron chi connectivity index (χ0n) is 24.5. The zero-order valence-corrected chi connectivity index (χ0v) is 25.3. The molecule has 0 atom stereocenters. The van der Waals surface area contributed by atoms with E-state index in [0.717, 1.165) is 11.4 Å². The number of hydrogen-bond donors (Lipinski definition) is 0. The number of fused-ring (bicyclic) bond motifs is 6. The predicted molar refractivity (Wildman–Crippen MR) is 194 cm³/mol. The maximum Gasteiger partial charge on any atom is 0.0554 e. The minimum atomic E-state index is 1.12. The molecule has 2 nitrogen and oxygen atoms in total. The van der Waals surface area contributed by atoms with Gasteiger partial charge >= 0.3 is 0 Å². The van der Waals surface area contributed by atoms with Crippen LogP contribution in [0.5, 0.6) is 0 Å². The minimum absolute atomic E-state index is 1.12. The molecule has 0 unspecified atom stereocenters. The summed E-state index contributed by atoms with van der Waals surface area (Å²) in [6.07, 6.45) is 0. The van der Waals surface area contributed by atoms with E-state index in [1.54, 1.807) is 0 Å². The average Bonchev–Trinajstić information content (AvgIpc) is 3.65. The molecule has 2 aromatic heterocycles. The average molecular weight is 593 g/mol. The van der Waals surface area contributed by atoms with E-state index in [4.69, 9.17) is 0 Å². The molecule has 0 fully saturated rings. The van der Waals surface area contributed by atoms with Crippen molar-refractivity contribution in [3.63, 3.8) is 0 Å². The molecule has 212 valence electrons. The van der Waals surface area contributed by atoms with Crippen LogP contribution >= 0.6 is 11.3 Å². The number of benzene rings is 7. The van der Waals surface area contributed by atoms with Crippen LogP contribution in [-0.2, 0) is 0 Å². The highest BCUT2D eigenvalue weighted by Gasteiger charge is 2.20. The highest BCUT2D eigenvalue weighted by atomic mass is 32.1. The quantitative estimate of drug-likeness (QED) is 0.193. The maximum absolute atomic E-state index is 2.42. The number of thiophene rings is 1. The van der Waals surface area contributed by atoms with E-state index in [9.17, 15) is 0 Å². The van der Waals surface area contributed by atoms with Gasteiger partial charge in [0.1, 0.15) is 0 Å². The van der Waals surface area contributed by atoms with Crippen molar-refractivity contribution in [2.45, 2.75) is 0 Å². The van der Waals surface area contributed by atoms with Gasteiger partial charge in [0.2, 0.25) is 0 Å². The van der Waals surface area contributed by atoms with Gasteiger partial charge in [-0.25, -0.2) is 0 Å². The smallest absolute Gasteiger partial charge is 0.0554 e. The van der Waals surface area contributed by atoms with Crippen molar-refractivity contribution < 1.29 is 0 Å². The van der Waals surface area contributed by atoms with Crippen molar-refractivity contribution >= 4 is 70.4 Å². The topological polar surface area (TPSA) is 8.17 Å². The summed E-state index contributed by atoms with van der Waals surface area (Å²) in [5.41, 5.74) is 9.40. The van der Waals surface area contributed by atoms with Crippen LogP contribution in [0.1, 0.15) is 0 Å². The number of rotatable bonds is 5. The molecule has 9 rings (SSSR count). The van der Waals surface area contributed by atoms with Gasteiger partial charge in [0, 0.05) is 47.9 Å². The van der Waals surface area contributed by atoms with Gasteiger partial charge in [0.05, 0.1) is 22.4 Å². The zero-order chi connectivity index (χ0) is 29.7. The molecule has 0 N–H and O–H groups in total. The summed E-state index contributed by atoms with van der Waals surface area (Å²) in [5.74, 6) is 0. The second-order valence-electron chi connectivity index (χ2n) is 11.4. The highest BCUT2D eigenvalue weighted by Crippen LogP contribution is 2.45. The fraction of sp³-hybridized carbons (Fsp3) is 0. The molecule has 0 bridgehead atoms. The Labute approximate surface area is 265 Å². The molecule has 7 aromatic carbocycles. The van der Waals surface area contributed by atoms with Gasteiger partial charge < -0.3 is 9.47 Å². The largest absolute Gasteiger partial charge is 0.310 e. The van der Waals surface area contributed by atoms with Crippen molar-refractivity contribution in [2.24, 2.45) is 0 Å². The molecule has 9 aromatic rings. The fourth-order valence-corrected chi connectivity index (χ4v) is 7.98. The number of hydrogen-bond acceptors (Lipinski definition) is 2. The van der Waals surface area contributed by atoms with Crippen molar-refractivity contribution in [3.05, 3.63) is 170 Å². The lowest BCUT2D eigenvalue weighted by atomic mass is 10.0. The third-order valence-corrected chi connectivity index (χ3v) is 9.91. The molecule has 3 heteroatoms. The molecular formula is C42H28N2S. The molecule has 0 spiro atoms. The molecule has 45 heavy (non-hydrogen) atoms. The Kier molecular flexibility index (Phi) is 6.03. The van der Waals surface area contributed by atoms with Gasteiger partial charge in [-0.3, -0.25) is 0 Å². The highest BCUT2D eigenvalue weighted by molar-refractivity contribution is 7.26. The van der Waals surface area contributed by atoms with E-state index in [1.807, 2.05) is 11.3 Å². The minimum Gasteiger partial charge on any atom is -0.310 e. The summed E-state index contributed by atoms with van der Waals surface area (Å²) >= 11 is 1.86. The van der Waals surface area contributed by atoms with Crippen LogP contribution in [-0.4, -0.2) is 4.57 Å². The van der Waals surface area contributed by atoms with Crippen LogP contribution in [0.25, 0.3) is 58.8 Å². The van der Waals surface area contributed by atoms with E-state index >= 15 is 0 Å². The monoisotopic (exact) mass is 592 g/mol. The molecule has 2 heterocycles. The number of para-hydroxylation sites is 4. The lowest BCUT2D eigenvalue weighted by Gasteiger charge is -2.27. The van der Waals surface area contributed by atoms with Crippen LogP contribution in [0.4, 0.5) is 17.1 Å². The van der Waals surface area contributed by atoms with Crippen molar-refractivity contribution in [1.82, 2.24) is 4.57 Å². The Morgan fingerprint density at radius 1 is 0.444 bits per heavy atom. The Morgan fingerprint density at radius 3 is 1.84 bits per heavy atom. The van der Waals surface area contributed by atoms with Crippen molar-refractivity contribution in [2.75, 3.05) is 4.90 Å². The predicted octanol–water partition coefficient (Wildman–Crippen LogP) is 12.3. The lowest BCUT2D eigenvalue weighted by molar-refractivity contribution is 1.18. The van der Waals surface area contributed by atoms with E-state index < -0.39 is 0 Å². The van der Waals surface area contributed by atoms with Gasteiger partial charge in [-0.2, -0.15) is 0 Å². The van der Waals surface area contributed by atoms with E-state index in [1.165, 1.54) is 64.5 Å². The normalized spacial score (nSPS) is 11.6. The van der Waals surface area contributed by atoms with E-state index in [0.29, 0.717) is 0 Å². The third kappa shape index (κ3) is 4.16. The van der Waals surface area contributed by atoms with Crippen LogP contribution in [0.3, 0.4) is 0 Å². The van der Waals surface area contributed by atoms with Crippen molar-refractivity contribution in [3.8, 4) is 16.8 Å². The standard InChI is InChI=1S/C42H28N2S/c1-2-15-30(16-3-1)43(39-25-13-27-41-42(39)35-21-7-11-26-40(35)45-41)31-17-12-14-29(28-31)32-18-4-8-22-36(32)44-37-23-9-5-19-33(37)34-20-6-10-24-38(34)44/h1-28H. The Bertz CT molecular complexity index is 2450. The SMILES string of the molecule is c1ccc(N(c2cccc(-c3ccccc3-n3c4ccccc4c4ccccc43)c2)c2cccc3sc4ccccc4c23)cc1. The van der Waals surface area contributed by atoms with Crippen LogP contribution < -0.4 is 4.90 Å². The summed E-state index contributed by atoms with van der Waals surface area (Å²) in [5, 5.41) is 5.12. The first-order chi connectivity index (χ1) is 22.3. The fourth-order valence-electron chi connectivity index (χ4n) is 6.85. The lowest BCUT2D eigenvalue weighted by Crippen LogP contribution is -2.10. The van der Waals surface area contributed by atoms with Crippen molar-refractivity contribution in [1.29, 1.82) is 0 Å². The number of nitrogens with zero attached hydrogens (tertiary/aromatic N) is 2. The van der Waals surface area contributed by atoms with Crippen LogP contribution in [0.15, 0.2) is 170 Å². The molecule has 0 amide bonds. The third-order valence-electron chi connectivity index (χ3n) is 8.78. The maximum atomic E-state index is 2.42. The molecule has 0 saturated heterocycles. The first-order valence-corrected chi connectivity index (χ1v) is 16.1. The molecule has 0 aliphatic heterocycles. The molecule has 0 radical (unpaired) electrons. The summed E-state index contributed by atoms with van der Waals surface area (Å²) in [6.45, 7) is 0. The molecule has 0 aliphatic carbocycles. The number of aromatic nitrogens is 1. The van der Waals surface area contributed by atoms with E-state index in [-0.39, 0.29) is 0 Å². The summed E-state index contributed by atoms with van der Waals surface area (Å²) in [4.78, 5) is 2.41. The Balaban J connectivity index is 1.27. The summed E-state index contributed by atoms with van der Waals surface area (Å²) in [6, 6.07) is 61.4. The first-order valence-electron chi connectivity index (χ1n) is 15.3. The van der Waals surface area contributed by atoms with Gasteiger partial charge in [-0.15, -0.1) is 11.3 Å². The molecular weight excluding hydrogens is 565 g/mol. The Hall–Kier alpha value is -5.64. The summed E-state index contributed by atoms with van der Waals surface area (Å²) < 4.78 is 5.02. The van der Waals surface area contributed by atoms with Gasteiger partial charge in [0.15, 0.2) is 0 Å². The molecule has 0 aliphatic rings. The van der Waals surface area contributed by atoms with Gasteiger partial charge in [-0.1, -0.05) is 109 Å². The number of anilines is 3. The van der Waals surface area contributed by atoms with Gasteiger partial charge in [-0.05, 0) is 66.2 Å². The second-order valence-corrected chi connectivity index (χ2v) is 12.4. The van der Waals surface area contributed by atoms with E-state index in [2.05, 4.69) is 179 Å². The Morgan fingerprint density at radius 2 is 1.04 bits per heavy atom.